The molecule has 0 radical (unpaired) electrons. The summed E-state index contributed by atoms with van der Waals surface area (Å²) >= 11 is 0. The Hall–Kier alpha value is -4.56. The molecule has 1 atom stereocenters. The van der Waals surface area contributed by atoms with Crippen molar-refractivity contribution in [2.75, 3.05) is 26.2 Å². The van der Waals surface area contributed by atoms with Gasteiger partial charge in [0.25, 0.3) is 5.69 Å². The van der Waals surface area contributed by atoms with Gasteiger partial charge in [0.2, 0.25) is 6.41 Å². The molecule has 2 aliphatic heterocycles. The molecular formula is C36H39N3O5. The SMILES string of the molecule is CC(=O)C1=C(C)N(C=O)C(C)=C(OCCCN2CCC(c3ccccc3)(c3ccccc3)CC2)C1c1ccc([N+](=O)[O-])cc1. The number of carbonyl (C=O) groups excluding carboxylic acids is 2. The minimum absolute atomic E-state index is 0.0108. The van der Waals surface area contributed by atoms with Gasteiger partial charge in [-0.2, -0.15) is 0 Å². The number of carbonyl (C=O) groups is 2. The van der Waals surface area contributed by atoms with Gasteiger partial charge in [-0.1, -0.05) is 72.8 Å². The summed E-state index contributed by atoms with van der Waals surface area (Å²) in [6.07, 6.45) is 3.51. The minimum atomic E-state index is -0.558. The standard InChI is InChI=1S/C36H39N3O5/c1-26-33(28(3)41)34(29-15-17-32(18-16-29)39(42)43)35(27(2)38(26)25-40)44-24-10-21-37-22-19-36(20-23-37,30-11-6-4-7-12-30)31-13-8-5-9-14-31/h4-9,11-18,25,34H,10,19-24H2,1-3H3. The molecule has 0 aliphatic carbocycles. The normalized spacial score (nSPS) is 18.7. The number of amides is 1. The van der Waals surface area contributed by atoms with Gasteiger partial charge in [0.15, 0.2) is 5.78 Å². The molecule has 0 saturated carbocycles. The monoisotopic (exact) mass is 593 g/mol. The molecule has 8 nitrogen and oxygen atoms in total. The number of Topliss-reactive ketones (excluding diaryl/α,β-unsaturated/α-hetero) is 1. The number of non-ortho nitro benzene ring substituents is 1. The highest BCUT2D eigenvalue weighted by Crippen LogP contribution is 2.43. The summed E-state index contributed by atoms with van der Waals surface area (Å²) in [6.45, 7) is 8.22. The molecule has 0 aromatic heterocycles. The van der Waals surface area contributed by atoms with Crippen molar-refractivity contribution in [3.8, 4) is 0 Å². The van der Waals surface area contributed by atoms with E-state index >= 15 is 0 Å². The summed E-state index contributed by atoms with van der Waals surface area (Å²) in [4.78, 5) is 39.7. The third-order valence-electron chi connectivity index (χ3n) is 9.18. The third kappa shape index (κ3) is 6.08. The molecule has 3 aromatic carbocycles. The van der Waals surface area contributed by atoms with Gasteiger partial charge in [0.1, 0.15) is 5.76 Å². The van der Waals surface area contributed by atoms with Crippen LogP contribution in [0.25, 0.3) is 0 Å². The van der Waals surface area contributed by atoms with E-state index < -0.39 is 10.8 Å². The lowest BCUT2D eigenvalue weighted by Crippen LogP contribution is -2.43. The van der Waals surface area contributed by atoms with Crippen molar-refractivity contribution < 1.29 is 19.2 Å². The molecule has 1 fully saturated rings. The number of rotatable bonds is 11. The Morgan fingerprint density at radius 2 is 1.50 bits per heavy atom. The molecule has 1 unspecified atom stereocenters. The number of nitro groups is 1. The van der Waals surface area contributed by atoms with Gasteiger partial charge in [-0.15, -0.1) is 0 Å². The van der Waals surface area contributed by atoms with Crippen molar-refractivity contribution in [3.05, 3.63) is 134 Å². The lowest BCUT2D eigenvalue weighted by molar-refractivity contribution is -0.384. The number of ether oxygens (including phenoxy) is 1. The highest BCUT2D eigenvalue weighted by atomic mass is 16.6. The highest BCUT2D eigenvalue weighted by molar-refractivity contribution is 5.97. The fourth-order valence-corrected chi connectivity index (χ4v) is 6.85. The van der Waals surface area contributed by atoms with Gasteiger partial charge in [-0.3, -0.25) is 24.6 Å². The van der Waals surface area contributed by atoms with Crippen molar-refractivity contribution in [1.29, 1.82) is 0 Å². The Balaban J connectivity index is 1.29. The number of allylic oxidation sites excluding steroid dienone is 3. The Morgan fingerprint density at radius 1 is 0.932 bits per heavy atom. The second-order valence-corrected chi connectivity index (χ2v) is 11.6. The average molecular weight is 594 g/mol. The molecule has 2 aliphatic rings. The van der Waals surface area contributed by atoms with Crippen molar-refractivity contribution in [2.45, 2.75) is 51.4 Å². The average Bonchev–Trinajstić information content (AvgIpc) is 3.05. The molecule has 2 heterocycles. The van der Waals surface area contributed by atoms with Crippen molar-refractivity contribution in [1.82, 2.24) is 9.80 Å². The topological polar surface area (TPSA) is 93.0 Å². The minimum Gasteiger partial charge on any atom is -0.495 e. The summed E-state index contributed by atoms with van der Waals surface area (Å²) in [6, 6.07) is 27.8. The van der Waals surface area contributed by atoms with Gasteiger partial charge in [0.05, 0.1) is 23.1 Å². The van der Waals surface area contributed by atoms with Crippen LogP contribution < -0.4 is 0 Å². The lowest BCUT2D eigenvalue weighted by atomic mass is 9.68. The maximum absolute atomic E-state index is 12.9. The first-order valence-corrected chi connectivity index (χ1v) is 15.1. The number of likely N-dealkylation sites (tertiary alicyclic amines) is 1. The second-order valence-electron chi connectivity index (χ2n) is 11.6. The quantitative estimate of drug-likeness (QED) is 0.106. The number of piperidine rings is 1. The van der Waals surface area contributed by atoms with E-state index in [-0.39, 0.29) is 16.9 Å². The molecule has 1 saturated heterocycles. The van der Waals surface area contributed by atoms with Crippen molar-refractivity contribution >= 4 is 17.9 Å². The van der Waals surface area contributed by atoms with Crippen LogP contribution in [0.5, 0.6) is 0 Å². The van der Waals surface area contributed by atoms with Crippen molar-refractivity contribution in [3.63, 3.8) is 0 Å². The van der Waals surface area contributed by atoms with Gasteiger partial charge in [-0.05, 0) is 69.8 Å². The Kier molecular flexibility index (Phi) is 9.40. The first-order valence-electron chi connectivity index (χ1n) is 15.1. The molecule has 3 aromatic rings. The predicted octanol–water partition coefficient (Wildman–Crippen LogP) is 6.73. The van der Waals surface area contributed by atoms with E-state index in [2.05, 4.69) is 65.6 Å². The molecule has 0 N–H and O–H groups in total. The lowest BCUT2D eigenvalue weighted by Gasteiger charge is -2.43. The molecule has 44 heavy (non-hydrogen) atoms. The Bertz CT molecular complexity index is 1510. The van der Waals surface area contributed by atoms with Crippen LogP contribution in [-0.4, -0.2) is 53.2 Å². The van der Waals surface area contributed by atoms with Gasteiger partial charge < -0.3 is 9.64 Å². The van der Waals surface area contributed by atoms with E-state index in [1.54, 1.807) is 26.0 Å². The molecule has 0 spiro atoms. The van der Waals surface area contributed by atoms with Crippen LogP contribution in [0.3, 0.4) is 0 Å². The van der Waals surface area contributed by atoms with E-state index in [1.165, 1.54) is 35.1 Å². The van der Waals surface area contributed by atoms with E-state index in [1.807, 2.05) is 0 Å². The summed E-state index contributed by atoms with van der Waals surface area (Å²) in [5, 5.41) is 11.3. The summed E-state index contributed by atoms with van der Waals surface area (Å²) in [5.41, 5.74) is 4.97. The number of nitrogens with zero attached hydrogens (tertiary/aromatic N) is 3. The van der Waals surface area contributed by atoms with E-state index in [9.17, 15) is 19.7 Å². The van der Waals surface area contributed by atoms with E-state index in [0.717, 1.165) is 38.9 Å². The summed E-state index contributed by atoms with van der Waals surface area (Å²) in [5.74, 6) is -0.218. The first-order chi connectivity index (χ1) is 21.3. The number of ketones is 1. The van der Waals surface area contributed by atoms with Gasteiger partial charge >= 0.3 is 0 Å². The predicted molar refractivity (Wildman–Crippen MR) is 170 cm³/mol. The third-order valence-corrected chi connectivity index (χ3v) is 9.18. The van der Waals surface area contributed by atoms with E-state index in [0.29, 0.717) is 41.3 Å². The second kappa shape index (κ2) is 13.4. The maximum Gasteiger partial charge on any atom is 0.269 e. The molecule has 5 rings (SSSR count). The van der Waals surface area contributed by atoms with Crippen LogP contribution in [-0.2, 0) is 19.7 Å². The highest BCUT2D eigenvalue weighted by Gasteiger charge is 2.38. The molecule has 0 bridgehead atoms. The fraction of sp³-hybridized carbons (Fsp3) is 0.333. The number of hydrogen-bond acceptors (Lipinski definition) is 6. The number of nitro benzene ring substituents is 1. The van der Waals surface area contributed by atoms with Crippen LogP contribution >= 0.6 is 0 Å². The van der Waals surface area contributed by atoms with Crippen LogP contribution in [0.2, 0.25) is 0 Å². The summed E-state index contributed by atoms with van der Waals surface area (Å²) in [7, 11) is 0. The first kappa shape index (κ1) is 30.9. The number of benzene rings is 3. The summed E-state index contributed by atoms with van der Waals surface area (Å²) < 4.78 is 6.40. The fourth-order valence-electron chi connectivity index (χ4n) is 6.85. The van der Waals surface area contributed by atoms with E-state index in [4.69, 9.17) is 4.74 Å². The smallest absolute Gasteiger partial charge is 0.269 e. The van der Waals surface area contributed by atoms with Gasteiger partial charge in [0, 0.05) is 35.4 Å². The van der Waals surface area contributed by atoms with Crippen molar-refractivity contribution in [2.24, 2.45) is 0 Å². The van der Waals surface area contributed by atoms with Crippen LogP contribution in [0.1, 0.15) is 62.6 Å². The zero-order chi connectivity index (χ0) is 31.3. The molecule has 8 heteroatoms. The maximum atomic E-state index is 12.9. The van der Waals surface area contributed by atoms with Crippen LogP contribution in [0.15, 0.2) is 108 Å². The largest absolute Gasteiger partial charge is 0.495 e. The molecular weight excluding hydrogens is 554 g/mol. The van der Waals surface area contributed by atoms with Crippen LogP contribution in [0.4, 0.5) is 5.69 Å². The Morgan fingerprint density at radius 3 is 2.00 bits per heavy atom. The Labute approximate surface area is 258 Å². The molecule has 1 amide bonds. The number of hydrogen-bond donors (Lipinski definition) is 0. The molecule has 228 valence electrons. The van der Waals surface area contributed by atoms with Crippen LogP contribution in [0, 0.1) is 10.1 Å². The zero-order valence-corrected chi connectivity index (χ0v) is 25.6. The zero-order valence-electron chi connectivity index (χ0n) is 25.6. The van der Waals surface area contributed by atoms with Gasteiger partial charge in [-0.25, -0.2) is 0 Å².